The summed E-state index contributed by atoms with van der Waals surface area (Å²) in [5.74, 6) is -0.673. The Morgan fingerprint density at radius 1 is 1.03 bits per heavy atom. The van der Waals surface area contributed by atoms with Gasteiger partial charge in [0.25, 0.3) is 11.7 Å². The standard InChI is InChI=1S/C25H29NO7/c1-15(2)33-17-9-6-8-16(14-17)22-21(24(28)25(29)26(22)12-13-30-3)23(27)20-18(31-4)10-7-11-19(20)32-5/h6-11,14-15,22,27H,12-13H2,1-5H3/b23-21+. The van der Waals surface area contributed by atoms with Crippen molar-refractivity contribution < 1.29 is 33.6 Å². The van der Waals surface area contributed by atoms with Gasteiger partial charge in [-0.1, -0.05) is 18.2 Å². The number of rotatable bonds is 9. The number of ketones is 1. The minimum atomic E-state index is -0.842. The first-order chi connectivity index (χ1) is 15.8. The molecular formula is C25H29NO7. The molecule has 1 fully saturated rings. The van der Waals surface area contributed by atoms with Crippen LogP contribution in [-0.2, 0) is 14.3 Å². The van der Waals surface area contributed by atoms with E-state index in [2.05, 4.69) is 0 Å². The molecule has 1 amide bonds. The summed E-state index contributed by atoms with van der Waals surface area (Å²) in [6.07, 6.45) is -0.0575. The van der Waals surface area contributed by atoms with Crippen LogP contribution in [-0.4, -0.2) is 62.3 Å². The molecule has 1 aliphatic heterocycles. The van der Waals surface area contributed by atoms with E-state index in [1.807, 2.05) is 13.8 Å². The van der Waals surface area contributed by atoms with Gasteiger partial charge in [-0.25, -0.2) is 0 Å². The van der Waals surface area contributed by atoms with Crippen LogP contribution in [0.3, 0.4) is 0 Å². The largest absolute Gasteiger partial charge is 0.506 e. The zero-order valence-corrected chi connectivity index (χ0v) is 19.5. The lowest BCUT2D eigenvalue weighted by Crippen LogP contribution is -2.32. The molecule has 0 saturated carbocycles. The molecule has 0 spiro atoms. The van der Waals surface area contributed by atoms with Crippen molar-refractivity contribution in [3.63, 3.8) is 0 Å². The molecule has 0 aromatic heterocycles. The summed E-state index contributed by atoms with van der Waals surface area (Å²) in [5, 5.41) is 11.4. The number of benzene rings is 2. The number of nitrogens with zero attached hydrogens (tertiary/aromatic N) is 1. The summed E-state index contributed by atoms with van der Waals surface area (Å²) >= 11 is 0. The number of amides is 1. The van der Waals surface area contributed by atoms with Crippen molar-refractivity contribution >= 4 is 17.4 Å². The quantitative estimate of drug-likeness (QED) is 0.351. The molecular weight excluding hydrogens is 426 g/mol. The predicted octanol–water partition coefficient (Wildman–Crippen LogP) is 3.56. The summed E-state index contributed by atoms with van der Waals surface area (Å²) < 4.78 is 21.8. The van der Waals surface area contributed by atoms with E-state index in [1.165, 1.54) is 26.2 Å². The first kappa shape index (κ1) is 24.1. The van der Waals surface area contributed by atoms with Gasteiger partial charge in [0.05, 0.1) is 38.5 Å². The lowest BCUT2D eigenvalue weighted by Gasteiger charge is -2.26. The molecule has 0 radical (unpaired) electrons. The fourth-order valence-electron chi connectivity index (χ4n) is 3.90. The fourth-order valence-corrected chi connectivity index (χ4v) is 3.90. The highest BCUT2D eigenvalue weighted by Gasteiger charge is 2.46. The first-order valence-corrected chi connectivity index (χ1v) is 10.6. The average molecular weight is 456 g/mol. The molecule has 1 unspecified atom stereocenters. The van der Waals surface area contributed by atoms with Crippen molar-refractivity contribution in [1.29, 1.82) is 0 Å². The number of carbonyl (C=O) groups is 2. The number of Topliss-reactive ketones (excluding diaryl/α,β-unsaturated/α-hetero) is 1. The van der Waals surface area contributed by atoms with Gasteiger partial charge >= 0.3 is 0 Å². The van der Waals surface area contributed by atoms with Gasteiger partial charge in [-0.3, -0.25) is 9.59 Å². The second kappa shape index (κ2) is 10.4. The molecule has 176 valence electrons. The van der Waals surface area contributed by atoms with E-state index in [0.29, 0.717) is 22.8 Å². The monoisotopic (exact) mass is 455 g/mol. The van der Waals surface area contributed by atoms with Crippen molar-refractivity contribution in [3.05, 3.63) is 59.2 Å². The lowest BCUT2D eigenvalue weighted by molar-refractivity contribution is -0.140. The lowest BCUT2D eigenvalue weighted by atomic mass is 9.94. The van der Waals surface area contributed by atoms with Crippen LogP contribution in [0.5, 0.6) is 17.2 Å². The molecule has 8 nitrogen and oxygen atoms in total. The minimum absolute atomic E-state index is 0.0550. The second-order valence-electron chi connectivity index (χ2n) is 7.76. The van der Waals surface area contributed by atoms with Crippen molar-refractivity contribution in [2.24, 2.45) is 0 Å². The Balaban J connectivity index is 2.24. The number of likely N-dealkylation sites (tertiary alicyclic amines) is 1. The average Bonchev–Trinajstić information content (AvgIpc) is 3.06. The zero-order chi connectivity index (χ0) is 24.1. The molecule has 0 bridgehead atoms. The van der Waals surface area contributed by atoms with Gasteiger partial charge in [0.15, 0.2) is 0 Å². The number of carbonyl (C=O) groups excluding carboxylic acids is 2. The van der Waals surface area contributed by atoms with Gasteiger partial charge in [-0.15, -0.1) is 0 Å². The maximum absolute atomic E-state index is 13.2. The van der Waals surface area contributed by atoms with Gasteiger partial charge in [0.1, 0.15) is 28.6 Å². The molecule has 1 saturated heterocycles. The maximum atomic E-state index is 13.2. The Bertz CT molecular complexity index is 1040. The van der Waals surface area contributed by atoms with Crippen LogP contribution in [0.25, 0.3) is 5.76 Å². The molecule has 3 rings (SSSR count). The molecule has 33 heavy (non-hydrogen) atoms. The first-order valence-electron chi connectivity index (χ1n) is 10.6. The van der Waals surface area contributed by atoms with Crippen LogP contribution in [0.4, 0.5) is 0 Å². The highest BCUT2D eigenvalue weighted by Crippen LogP contribution is 2.43. The number of ether oxygens (including phenoxy) is 4. The third kappa shape index (κ3) is 4.80. The number of aliphatic hydroxyl groups excluding tert-OH is 1. The minimum Gasteiger partial charge on any atom is -0.506 e. The van der Waals surface area contributed by atoms with Crippen LogP contribution < -0.4 is 14.2 Å². The third-order valence-corrected chi connectivity index (χ3v) is 5.29. The molecule has 2 aromatic rings. The van der Waals surface area contributed by atoms with Gasteiger partial charge < -0.3 is 29.0 Å². The van der Waals surface area contributed by atoms with Crippen LogP contribution in [0.1, 0.15) is 31.0 Å². The summed E-state index contributed by atoms with van der Waals surface area (Å²) in [7, 11) is 4.42. The van der Waals surface area contributed by atoms with Crippen molar-refractivity contribution in [2.45, 2.75) is 26.0 Å². The van der Waals surface area contributed by atoms with E-state index in [0.717, 1.165) is 0 Å². The fraction of sp³-hybridized carbons (Fsp3) is 0.360. The molecule has 1 aliphatic rings. The van der Waals surface area contributed by atoms with E-state index in [4.69, 9.17) is 18.9 Å². The summed E-state index contributed by atoms with van der Waals surface area (Å²) in [5.41, 5.74) is 0.770. The van der Waals surface area contributed by atoms with Gasteiger partial charge in [0.2, 0.25) is 0 Å². The Kier molecular flexibility index (Phi) is 7.60. The normalized spacial score (nSPS) is 17.5. The second-order valence-corrected chi connectivity index (χ2v) is 7.76. The van der Waals surface area contributed by atoms with Crippen molar-refractivity contribution in [3.8, 4) is 17.2 Å². The predicted molar refractivity (Wildman–Crippen MR) is 123 cm³/mol. The van der Waals surface area contributed by atoms with Crippen LogP contribution in [0.2, 0.25) is 0 Å². The van der Waals surface area contributed by atoms with Gasteiger partial charge in [0, 0.05) is 13.7 Å². The van der Waals surface area contributed by atoms with E-state index in [9.17, 15) is 14.7 Å². The van der Waals surface area contributed by atoms with Crippen LogP contribution in [0.15, 0.2) is 48.0 Å². The summed E-state index contributed by atoms with van der Waals surface area (Å²) in [6.45, 7) is 4.21. The number of hydrogen-bond acceptors (Lipinski definition) is 7. The Labute approximate surface area is 193 Å². The van der Waals surface area contributed by atoms with Crippen LogP contribution in [0, 0.1) is 0 Å². The van der Waals surface area contributed by atoms with Crippen LogP contribution >= 0.6 is 0 Å². The van der Waals surface area contributed by atoms with Gasteiger partial charge in [-0.05, 0) is 43.7 Å². The maximum Gasteiger partial charge on any atom is 0.295 e. The van der Waals surface area contributed by atoms with E-state index < -0.39 is 17.7 Å². The molecule has 8 heteroatoms. The Morgan fingerprint density at radius 2 is 1.67 bits per heavy atom. The van der Waals surface area contributed by atoms with Gasteiger partial charge in [-0.2, -0.15) is 0 Å². The smallest absolute Gasteiger partial charge is 0.295 e. The van der Waals surface area contributed by atoms with Crippen molar-refractivity contribution in [1.82, 2.24) is 4.90 Å². The zero-order valence-electron chi connectivity index (χ0n) is 19.5. The molecule has 1 N–H and O–H groups in total. The highest BCUT2D eigenvalue weighted by atomic mass is 16.5. The number of aliphatic hydroxyl groups is 1. The Morgan fingerprint density at radius 3 is 2.24 bits per heavy atom. The van der Waals surface area contributed by atoms with E-state index >= 15 is 0 Å². The topological polar surface area (TPSA) is 94.5 Å². The molecule has 0 aliphatic carbocycles. The number of hydrogen-bond donors (Lipinski definition) is 1. The Hall–Kier alpha value is -3.52. The molecule has 1 atom stereocenters. The third-order valence-electron chi connectivity index (χ3n) is 5.29. The van der Waals surface area contributed by atoms with E-state index in [1.54, 1.807) is 42.5 Å². The highest BCUT2D eigenvalue weighted by molar-refractivity contribution is 6.46. The SMILES string of the molecule is COCCN1C(=O)C(=O)/C(=C(/O)c2c(OC)cccc2OC)C1c1cccc(OC(C)C)c1. The van der Waals surface area contributed by atoms with E-state index in [-0.39, 0.29) is 36.2 Å². The van der Waals surface area contributed by atoms with Crippen molar-refractivity contribution in [2.75, 3.05) is 34.5 Å². The molecule has 1 heterocycles. The summed E-state index contributed by atoms with van der Waals surface area (Å²) in [6, 6.07) is 11.3. The molecule has 2 aromatic carbocycles. The summed E-state index contributed by atoms with van der Waals surface area (Å²) in [4.78, 5) is 27.6. The number of methoxy groups -OCH3 is 3.